The molecule has 0 atom stereocenters. The van der Waals surface area contributed by atoms with E-state index in [-0.39, 0.29) is 5.91 Å². The van der Waals surface area contributed by atoms with E-state index in [4.69, 9.17) is 33.3 Å². The maximum absolute atomic E-state index is 12.7. The van der Waals surface area contributed by atoms with Crippen molar-refractivity contribution in [3.05, 3.63) is 63.5 Å². The van der Waals surface area contributed by atoms with Crippen LogP contribution >= 0.6 is 35.6 Å². The Bertz CT molecular complexity index is 942. The van der Waals surface area contributed by atoms with Gasteiger partial charge in [0.25, 0.3) is 5.91 Å². The average Bonchev–Trinajstić information content (AvgIpc) is 2.94. The van der Waals surface area contributed by atoms with E-state index >= 15 is 0 Å². The molecule has 1 fully saturated rings. The standard InChI is InChI=1S/C19H15ClN2O3S2/c1-24-15-8-5-13(16(10-15)25-2)9-17-18(23)22(19(26)27-17)21-11-12-3-6-14(20)7-4-12/h3-11H,1-2H3/b17-9+,21-11+. The summed E-state index contributed by atoms with van der Waals surface area (Å²) in [5.41, 5.74) is 1.56. The maximum Gasteiger partial charge on any atom is 0.286 e. The monoisotopic (exact) mass is 418 g/mol. The van der Waals surface area contributed by atoms with Gasteiger partial charge in [-0.1, -0.05) is 35.5 Å². The summed E-state index contributed by atoms with van der Waals surface area (Å²) in [7, 11) is 3.14. The number of amides is 1. The number of carbonyl (C=O) groups excluding carboxylic acids is 1. The molecule has 3 rings (SSSR count). The Balaban J connectivity index is 1.83. The van der Waals surface area contributed by atoms with Gasteiger partial charge in [-0.25, -0.2) is 0 Å². The maximum atomic E-state index is 12.7. The highest BCUT2D eigenvalue weighted by Gasteiger charge is 2.32. The van der Waals surface area contributed by atoms with E-state index in [1.54, 1.807) is 50.8 Å². The van der Waals surface area contributed by atoms with Crippen LogP contribution in [0.2, 0.25) is 5.02 Å². The number of hydrogen-bond acceptors (Lipinski definition) is 6. The molecule has 0 N–H and O–H groups in total. The fourth-order valence-electron chi connectivity index (χ4n) is 2.31. The summed E-state index contributed by atoms with van der Waals surface area (Å²) in [6, 6.07) is 12.5. The van der Waals surface area contributed by atoms with E-state index in [1.165, 1.54) is 16.8 Å². The summed E-state index contributed by atoms with van der Waals surface area (Å²) in [5, 5.41) is 6.05. The SMILES string of the molecule is COc1ccc(/C=C2/SC(=S)N(/N=C/c3ccc(Cl)cc3)C2=O)c(OC)c1. The van der Waals surface area contributed by atoms with Gasteiger partial charge in [-0.05, 0) is 48.1 Å². The largest absolute Gasteiger partial charge is 0.497 e. The number of hydrogen-bond donors (Lipinski definition) is 0. The van der Waals surface area contributed by atoms with Crippen LogP contribution in [0.5, 0.6) is 11.5 Å². The van der Waals surface area contributed by atoms with E-state index in [2.05, 4.69) is 5.10 Å². The number of thiocarbonyl (C=S) groups is 1. The molecule has 1 saturated heterocycles. The molecule has 0 spiro atoms. The van der Waals surface area contributed by atoms with Gasteiger partial charge in [0, 0.05) is 16.7 Å². The van der Waals surface area contributed by atoms with Crippen LogP contribution in [-0.2, 0) is 4.79 Å². The van der Waals surface area contributed by atoms with Crippen molar-refractivity contribution in [1.82, 2.24) is 5.01 Å². The highest BCUT2D eigenvalue weighted by atomic mass is 35.5. The molecule has 1 heterocycles. The predicted molar refractivity (Wildman–Crippen MR) is 114 cm³/mol. The average molecular weight is 419 g/mol. The number of hydrazone groups is 1. The Morgan fingerprint density at radius 2 is 1.89 bits per heavy atom. The highest BCUT2D eigenvalue weighted by molar-refractivity contribution is 8.26. The number of halogens is 1. The zero-order valence-electron chi connectivity index (χ0n) is 14.5. The fourth-order valence-corrected chi connectivity index (χ4v) is 3.60. The molecule has 5 nitrogen and oxygen atoms in total. The Labute approximate surface area is 171 Å². The van der Waals surface area contributed by atoms with Crippen molar-refractivity contribution in [2.24, 2.45) is 5.10 Å². The third kappa shape index (κ3) is 4.50. The number of methoxy groups -OCH3 is 2. The first-order chi connectivity index (χ1) is 13.0. The molecule has 1 aliphatic rings. The summed E-state index contributed by atoms with van der Waals surface area (Å²) in [4.78, 5) is 13.1. The number of rotatable bonds is 5. The number of benzene rings is 2. The minimum Gasteiger partial charge on any atom is -0.497 e. The van der Waals surface area contributed by atoms with Gasteiger partial charge >= 0.3 is 0 Å². The summed E-state index contributed by atoms with van der Waals surface area (Å²) in [6.07, 6.45) is 3.30. The minimum absolute atomic E-state index is 0.284. The molecule has 0 aliphatic carbocycles. The van der Waals surface area contributed by atoms with Gasteiger partial charge in [-0.15, -0.1) is 0 Å². The second-order valence-electron chi connectivity index (χ2n) is 5.40. The van der Waals surface area contributed by atoms with Crippen LogP contribution in [0.1, 0.15) is 11.1 Å². The van der Waals surface area contributed by atoms with Gasteiger partial charge in [-0.2, -0.15) is 10.1 Å². The smallest absolute Gasteiger partial charge is 0.286 e. The van der Waals surface area contributed by atoms with Crippen LogP contribution < -0.4 is 9.47 Å². The van der Waals surface area contributed by atoms with Crippen LogP contribution in [-0.4, -0.2) is 35.7 Å². The quantitative estimate of drug-likeness (QED) is 0.403. The Morgan fingerprint density at radius 3 is 2.56 bits per heavy atom. The van der Waals surface area contributed by atoms with Crippen LogP contribution in [0.25, 0.3) is 6.08 Å². The zero-order chi connectivity index (χ0) is 19.4. The van der Waals surface area contributed by atoms with Crippen LogP contribution in [0.15, 0.2) is 52.5 Å². The van der Waals surface area contributed by atoms with Gasteiger partial charge < -0.3 is 9.47 Å². The second-order valence-corrected chi connectivity index (χ2v) is 7.51. The molecular weight excluding hydrogens is 404 g/mol. The summed E-state index contributed by atoms with van der Waals surface area (Å²) in [5.74, 6) is 0.987. The molecule has 0 unspecified atom stereocenters. The number of nitrogens with zero attached hydrogens (tertiary/aromatic N) is 2. The van der Waals surface area contributed by atoms with E-state index in [1.807, 2.05) is 18.2 Å². The summed E-state index contributed by atoms with van der Waals surface area (Å²) in [6.45, 7) is 0. The van der Waals surface area contributed by atoms with Gasteiger partial charge in [0.15, 0.2) is 4.32 Å². The molecule has 27 heavy (non-hydrogen) atoms. The number of carbonyl (C=O) groups is 1. The molecule has 1 aliphatic heterocycles. The molecule has 2 aromatic rings. The van der Waals surface area contributed by atoms with Gasteiger partial charge in [0.05, 0.1) is 25.3 Å². The lowest BCUT2D eigenvalue weighted by atomic mass is 10.1. The van der Waals surface area contributed by atoms with Gasteiger partial charge in [-0.3, -0.25) is 4.79 Å². The van der Waals surface area contributed by atoms with Gasteiger partial charge in [0.1, 0.15) is 11.5 Å². The molecule has 2 aromatic carbocycles. The van der Waals surface area contributed by atoms with Crippen molar-refractivity contribution in [2.45, 2.75) is 0 Å². The van der Waals surface area contributed by atoms with Crippen LogP contribution in [0.4, 0.5) is 0 Å². The normalized spacial score (nSPS) is 15.8. The highest BCUT2D eigenvalue weighted by Crippen LogP contribution is 2.35. The lowest BCUT2D eigenvalue weighted by molar-refractivity contribution is -0.122. The Hall–Kier alpha value is -2.35. The van der Waals surface area contributed by atoms with Crippen LogP contribution in [0, 0.1) is 0 Å². The molecule has 1 amide bonds. The Kier molecular flexibility index (Phi) is 6.15. The molecule has 0 radical (unpaired) electrons. The van der Waals surface area contributed by atoms with E-state index in [9.17, 15) is 4.79 Å². The topological polar surface area (TPSA) is 51.1 Å². The number of ether oxygens (including phenoxy) is 2. The first kappa shape index (κ1) is 19.4. The third-order valence-corrected chi connectivity index (χ3v) is 5.23. The minimum atomic E-state index is -0.284. The molecular formula is C19H15ClN2O3S2. The van der Waals surface area contributed by atoms with Crippen molar-refractivity contribution >= 4 is 58.1 Å². The lowest BCUT2D eigenvalue weighted by Gasteiger charge is -2.08. The Morgan fingerprint density at radius 1 is 1.15 bits per heavy atom. The van der Waals surface area contributed by atoms with E-state index in [0.717, 1.165) is 11.1 Å². The van der Waals surface area contributed by atoms with Crippen molar-refractivity contribution in [2.75, 3.05) is 14.2 Å². The fraction of sp³-hybridized carbons (Fsp3) is 0.105. The number of thioether (sulfide) groups is 1. The van der Waals surface area contributed by atoms with Crippen molar-refractivity contribution < 1.29 is 14.3 Å². The van der Waals surface area contributed by atoms with E-state index < -0.39 is 0 Å². The summed E-state index contributed by atoms with van der Waals surface area (Å²) >= 11 is 12.3. The molecule has 0 aromatic heterocycles. The third-order valence-electron chi connectivity index (χ3n) is 3.69. The van der Waals surface area contributed by atoms with Crippen molar-refractivity contribution in [1.29, 1.82) is 0 Å². The first-order valence-electron chi connectivity index (χ1n) is 7.81. The van der Waals surface area contributed by atoms with Crippen molar-refractivity contribution in [3.8, 4) is 11.5 Å². The molecule has 8 heteroatoms. The zero-order valence-corrected chi connectivity index (χ0v) is 16.9. The molecule has 0 saturated carbocycles. The van der Waals surface area contributed by atoms with E-state index in [0.29, 0.717) is 25.7 Å². The first-order valence-corrected chi connectivity index (χ1v) is 9.41. The van der Waals surface area contributed by atoms with Gasteiger partial charge in [0.2, 0.25) is 0 Å². The van der Waals surface area contributed by atoms with Crippen LogP contribution in [0.3, 0.4) is 0 Å². The predicted octanol–water partition coefficient (Wildman–Crippen LogP) is 4.59. The molecule has 138 valence electrons. The lowest BCUT2D eigenvalue weighted by Crippen LogP contribution is -2.22. The second kappa shape index (κ2) is 8.56. The van der Waals surface area contributed by atoms with Crippen molar-refractivity contribution in [3.63, 3.8) is 0 Å². The molecule has 0 bridgehead atoms. The summed E-state index contributed by atoms with van der Waals surface area (Å²) < 4.78 is 10.9.